The number of carbonyl (C=O) groups excluding carboxylic acids is 1. The number of hydrogen-bond acceptors (Lipinski definition) is 5. The smallest absolute Gasteiger partial charge is 0.242 e. The summed E-state index contributed by atoms with van der Waals surface area (Å²) in [4.78, 5) is 19.5. The van der Waals surface area contributed by atoms with Crippen molar-refractivity contribution >= 4 is 16.9 Å². The van der Waals surface area contributed by atoms with Gasteiger partial charge in [0.15, 0.2) is 17.6 Å². The van der Waals surface area contributed by atoms with E-state index in [1.165, 1.54) is 0 Å². The van der Waals surface area contributed by atoms with Crippen LogP contribution in [0, 0.1) is 0 Å². The van der Waals surface area contributed by atoms with Crippen LogP contribution in [-0.4, -0.2) is 46.7 Å². The van der Waals surface area contributed by atoms with Gasteiger partial charge >= 0.3 is 0 Å². The maximum absolute atomic E-state index is 13.1. The van der Waals surface area contributed by atoms with Crippen molar-refractivity contribution in [2.24, 2.45) is 0 Å². The molecule has 0 saturated heterocycles. The van der Waals surface area contributed by atoms with Crippen LogP contribution in [0.5, 0.6) is 17.2 Å². The minimum atomic E-state index is -0.228. The van der Waals surface area contributed by atoms with Crippen molar-refractivity contribution in [1.82, 2.24) is 14.5 Å². The van der Waals surface area contributed by atoms with E-state index >= 15 is 0 Å². The molecule has 1 aromatic heterocycles. The van der Waals surface area contributed by atoms with E-state index in [-0.39, 0.29) is 25.2 Å². The third-order valence-corrected chi connectivity index (χ3v) is 5.61. The molecule has 0 N–H and O–H groups in total. The Bertz CT molecular complexity index is 1250. The normalized spacial score (nSPS) is 14.8. The van der Waals surface area contributed by atoms with Gasteiger partial charge in [0.05, 0.1) is 17.6 Å². The molecule has 7 heteroatoms. The highest BCUT2D eigenvalue weighted by Gasteiger charge is 2.24. The van der Waals surface area contributed by atoms with Crippen LogP contribution in [0.15, 0.2) is 78.9 Å². The quantitative estimate of drug-likeness (QED) is 0.433. The molecule has 1 atom stereocenters. The number of hydrogen-bond donors (Lipinski definition) is 0. The molecule has 1 aliphatic heterocycles. The molecule has 0 aliphatic carbocycles. The van der Waals surface area contributed by atoms with E-state index in [1.54, 1.807) is 11.9 Å². The molecule has 1 amide bonds. The van der Waals surface area contributed by atoms with Crippen LogP contribution in [-0.2, 0) is 17.9 Å². The number of carbonyl (C=O) groups is 1. The lowest BCUT2D eigenvalue weighted by atomic mass is 10.2. The van der Waals surface area contributed by atoms with Gasteiger partial charge in [-0.2, -0.15) is 0 Å². The first-order valence-corrected chi connectivity index (χ1v) is 10.9. The maximum atomic E-state index is 13.1. The molecule has 0 radical (unpaired) electrons. The molecule has 0 unspecified atom stereocenters. The number of ether oxygens (including phenoxy) is 3. The number of rotatable bonds is 7. The summed E-state index contributed by atoms with van der Waals surface area (Å²) in [5.74, 6) is 2.86. The molecule has 1 aliphatic rings. The molecule has 7 nitrogen and oxygen atoms in total. The highest BCUT2D eigenvalue weighted by Crippen LogP contribution is 2.31. The van der Waals surface area contributed by atoms with Crippen molar-refractivity contribution < 1.29 is 19.0 Å². The largest absolute Gasteiger partial charge is 0.486 e. The zero-order chi connectivity index (χ0) is 22.6. The van der Waals surface area contributed by atoms with Crippen molar-refractivity contribution in [3.63, 3.8) is 0 Å². The number of amides is 1. The number of likely N-dealkylation sites (N-methyl/N-ethyl adjacent to an activating group) is 1. The van der Waals surface area contributed by atoms with Crippen LogP contribution in [0.25, 0.3) is 11.0 Å². The SMILES string of the molecule is CN(C[C@@H]1COc2ccccc2O1)C(=O)Cn1c(COc2ccccc2)nc2ccccc21. The maximum Gasteiger partial charge on any atom is 0.242 e. The number of nitrogens with zero attached hydrogens (tertiary/aromatic N) is 3. The molecule has 0 bridgehead atoms. The molecule has 3 aromatic carbocycles. The Hall–Kier alpha value is -4.00. The first-order chi connectivity index (χ1) is 16.2. The van der Waals surface area contributed by atoms with E-state index in [0.717, 1.165) is 22.5 Å². The van der Waals surface area contributed by atoms with Crippen molar-refractivity contribution in [2.75, 3.05) is 20.2 Å². The molecular formula is C26H25N3O4. The number of aromatic nitrogens is 2. The van der Waals surface area contributed by atoms with Crippen LogP contribution >= 0.6 is 0 Å². The monoisotopic (exact) mass is 443 g/mol. The Balaban J connectivity index is 1.29. The Kier molecular flexibility index (Phi) is 5.85. The first-order valence-electron chi connectivity index (χ1n) is 10.9. The minimum Gasteiger partial charge on any atom is -0.486 e. The average molecular weight is 444 g/mol. The van der Waals surface area contributed by atoms with Gasteiger partial charge in [0.1, 0.15) is 31.3 Å². The molecule has 33 heavy (non-hydrogen) atoms. The molecule has 5 rings (SSSR count). The van der Waals surface area contributed by atoms with Crippen molar-refractivity contribution in [3.05, 3.63) is 84.7 Å². The Morgan fingerprint density at radius 1 is 1.03 bits per heavy atom. The third kappa shape index (κ3) is 4.62. The van der Waals surface area contributed by atoms with E-state index < -0.39 is 0 Å². The number of imidazole rings is 1. The van der Waals surface area contributed by atoms with Crippen LogP contribution in [0.3, 0.4) is 0 Å². The van der Waals surface area contributed by atoms with E-state index in [0.29, 0.717) is 24.7 Å². The second kappa shape index (κ2) is 9.24. The van der Waals surface area contributed by atoms with Gasteiger partial charge in [0.2, 0.25) is 5.91 Å². The zero-order valence-corrected chi connectivity index (χ0v) is 18.4. The van der Waals surface area contributed by atoms with E-state index in [1.807, 2.05) is 83.4 Å². The number of para-hydroxylation sites is 5. The predicted octanol–water partition coefficient (Wildman–Crippen LogP) is 3.91. The van der Waals surface area contributed by atoms with Gasteiger partial charge in [0, 0.05) is 7.05 Å². The van der Waals surface area contributed by atoms with Gasteiger partial charge in [-0.15, -0.1) is 0 Å². The Morgan fingerprint density at radius 3 is 2.61 bits per heavy atom. The molecule has 2 heterocycles. The topological polar surface area (TPSA) is 65.8 Å². The fourth-order valence-corrected chi connectivity index (χ4v) is 3.89. The lowest BCUT2D eigenvalue weighted by Gasteiger charge is -2.29. The molecule has 4 aromatic rings. The molecule has 0 saturated carbocycles. The lowest BCUT2D eigenvalue weighted by Crippen LogP contribution is -2.42. The fourth-order valence-electron chi connectivity index (χ4n) is 3.89. The number of benzene rings is 3. The highest BCUT2D eigenvalue weighted by atomic mass is 16.6. The summed E-state index contributed by atoms with van der Waals surface area (Å²) in [6.07, 6.45) is -0.228. The van der Waals surface area contributed by atoms with Gasteiger partial charge in [0.25, 0.3) is 0 Å². The molecule has 0 fully saturated rings. The molecular weight excluding hydrogens is 418 g/mol. The van der Waals surface area contributed by atoms with Gasteiger partial charge in [-0.1, -0.05) is 42.5 Å². The highest BCUT2D eigenvalue weighted by molar-refractivity contribution is 5.81. The van der Waals surface area contributed by atoms with Crippen LogP contribution in [0.1, 0.15) is 5.82 Å². The standard InChI is InChI=1S/C26H25N3O4/c1-28(15-20-17-32-23-13-7-8-14-24(23)33-20)26(30)16-29-22-12-6-5-11-21(22)27-25(29)18-31-19-9-3-2-4-10-19/h2-14,20H,15-18H2,1H3/t20-/m1/s1. The summed E-state index contributed by atoms with van der Waals surface area (Å²) in [5, 5.41) is 0. The lowest BCUT2D eigenvalue weighted by molar-refractivity contribution is -0.131. The first kappa shape index (κ1) is 20.9. The summed E-state index contributed by atoms with van der Waals surface area (Å²) in [6.45, 7) is 1.26. The van der Waals surface area contributed by atoms with E-state index in [2.05, 4.69) is 0 Å². The minimum absolute atomic E-state index is 0.0402. The van der Waals surface area contributed by atoms with E-state index in [9.17, 15) is 4.79 Å². The summed E-state index contributed by atoms with van der Waals surface area (Å²) >= 11 is 0. The summed E-state index contributed by atoms with van der Waals surface area (Å²) in [5.41, 5.74) is 1.73. The van der Waals surface area contributed by atoms with Gasteiger partial charge < -0.3 is 23.7 Å². The van der Waals surface area contributed by atoms with Crippen molar-refractivity contribution in [1.29, 1.82) is 0 Å². The summed E-state index contributed by atoms with van der Waals surface area (Å²) in [6, 6.07) is 24.9. The second-order valence-electron chi connectivity index (χ2n) is 7.98. The average Bonchev–Trinajstić information content (AvgIpc) is 3.20. The van der Waals surface area contributed by atoms with Gasteiger partial charge in [-0.3, -0.25) is 4.79 Å². The van der Waals surface area contributed by atoms with Crippen molar-refractivity contribution in [2.45, 2.75) is 19.3 Å². The van der Waals surface area contributed by atoms with Crippen LogP contribution in [0.4, 0.5) is 0 Å². The van der Waals surface area contributed by atoms with E-state index in [4.69, 9.17) is 19.2 Å². The summed E-state index contributed by atoms with van der Waals surface area (Å²) < 4.78 is 19.6. The van der Waals surface area contributed by atoms with Crippen LogP contribution < -0.4 is 14.2 Å². The second-order valence-corrected chi connectivity index (χ2v) is 7.98. The Labute approximate surface area is 192 Å². The predicted molar refractivity (Wildman–Crippen MR) is 124 cm³/mol. The summed E-state index contributed by atoms with van der Waals surface area (Å²) in [7, 11) is 1.78. The van der Waals surface area contributed by atoms with Gasteiger partial charge in [-0.25, -0.2) is 4.98 Å². The third-order valence-electron chi connectivity index (χ3n) is 5.61. The van der Waals surface area contributed by atoms with Gasteiger partial charge in [-0.05, 0) is 36.4 Å². The fraction of sp³-hybridized carbons (Fsp3) is 0.231. The van der Waals surface area contributed by atoms with Crippen molar-refractivity contribution in [3.8, 4) is 17.2 Å². The molecule has 168 valence electrons. The number of fused-ring (bicyclic) bond motifs is 2. The van der Waals surface area contributed by atoms with Crippen LogP contribution in [0.2, 0.25) is 0 Å². The zero-order valence-electron chi connectivity index (χ0n) is 18.4. The molecule has 0 spiro atoms. The Morgan fingerprint density at radius 2 is 1.76 bits per heavy atom.